The summed E-state index contributed by atoms with van der Waals surface area (Å²) in [5.74, 6) is 0.674. The maximum atomic E-state index is 11.9. The molecule has 0 aromatic heterocycles. The highest BCUT2D eigenvalue weighted by atomic mass is 32.2. The number of nitrogens with one attached hydrogen (secondary N) is 2. The molecule has 5 heteroatoms. The minimum Gasteiger partial charge on any atom is -0.313 e. The van der Waals surface area contributed by atoms with Crippen LogP contribution in [0.2, 0.25) is 0 Å². The van der Waals surface area contributed by atoms with E-state index in [4.69, 9.17) is 0 Å². The van der Waals surface area contributed by atoms with Gasteiger partial charge in [0.2, 0.25) is 10.0 Å². The summed E-state index contributed by atoms with van der Waals surface area (Å²) in [5, 5.41) is 2.93. The van der Waals surface area contributed by atoms with Gasteiger partial charge in [-0.15, -0.1) is 0 Å². The van der Waals surface area contributed by atoms with E-state index in [9.17, 15) is 8.42 Å². The molecule has 16 heavy (non-hydrogen) atoms. The highest BCUT2D eigenvalue weighted by Crippen LogP contribution is 2.27. The van der Waals surface area contributed by atoms with Gasteiger partial charge in [-0.2, -0.15) is 0 Å². The van der Waals surface area contributed by atoms with Gasteiger partial charge in [0.15, 0.2) is 0 Å². The summed E-state index contributed by atoms with van der Waals surface area (Å²) in [4.78, 5) is 0. The minimum atomic E-state index is -3.12. The molecular formula is C11H22N2O2S. The molecule has 0 aliphatic heterocycles. The topological polar surface area (TPSA) is 58.2 Å². The van der Waals surface area contributed by atoms with Gasteiger partial charge in [-0.1, -0.05) is 6.92 Å². The van der Waals surface area contributed by atoms with E-state index in [1.165, 1.54) is 12.8 Å². The second-order valence-electron chi connectivity index (χ2n) is 5.43. The van der Waals surface area contributed by atoms with Crippen LogP contribution in [0, 0.1) is 5.92 Å². The summed E-state index contributed by atoms with van der Waals surface area (Å²) in [6, 6.07) is 0.754. The third-order valence-corrected chi connectivity index (χ3v) is 5.39. The number of sulfonamides is 1. The molecule has 2 rings (SSSR count). The summed E-state index contributed by atoms with van der Waals surface area (Å²) < 4.78 is 26.6. The monoisotopic (exact) mass is 246 g/mol. The molecule has 0 radical (unpaired) electrons. The van der Waals surface area contributed by atoms with E-state index in [0.29, 0.717) is 18.5 Å². The van der Waals surface area contributed by atoms with Gasteiger partial charge in [0.1, 0.15) is 0 Å². The van der Waals surface area contributed by atoms with Crippen LogP contribution in [0.4, 0.5) is 0 Å². The molecule has 2 fully saturated rings. The van der Waals surface area contributed by atoms with Gasteiger partial charge in [0, 0.05) is 18.6 Å². The lowest BCUT2D eigenvalue weighted by atomic mass is 9.83. The van der Waals surface area contributed by atoms with Crippen LogP contribution >= 0.6 is 0 Å². The summed E-state index contributed by atoms with van der Waals surface area (Å²) in [5.41, 5.74) is 0. The van der Waals surface area contributed by atoms with Gasteiger partial charge in [0.25, 0.3) is 0 Å². The summed E-state index contributed by atoms with van der Waals surface area (Å²) >= 11 is 0. The molecule has 2 saturated carbocycles. The first-order valence-corrected chi connectivity index (χ1v) is 7.76. The van der Waals surface area contributed by atoms with Crippen molar-refractivity contribution in [2.75, 3.05) is 6.54 Å². The highest BCUT2D eigenvalue weighted by molar-refractivity contribution is 7.90. The first kappa shape index (κ1) is 12.3. The first-order valence-electron chi connectivity index (χ1n) is 6.22. The van der Waals surface area contributed by atoms with E-state index < -0.39 is 10.0 Å². The Balaban J connectivity index is 1.75. The quantitative estimate of drug-likeness (QED) is 0.730. The lowest BCUT2D eigenvalue weighted by molar-refractivity contribution is 0.269. The molecule has 0 saturated heterocycles. The lowest BCUT2D eigenvalue weighted by Crippen LogP contribution is -2.48. The van der Waals surface area contributed by atoms with Crippen LogP contribution in [0.1, 0.15) is 39.5 Å². The standard InChI is InChI=1S/C11H22N2O2S/c1-8-5-11(6-8)13-16(14,15)9(2)7-12-10-3-4-10/h8-13H,3-7H2,1-2H3. The molecule has 94 valence electrons. The third kappa shape index (κ3) is 3.18. The van der Waals surface area contributed by atoms with Crippen molar-refractivity contribution in [2.45, 2.75) is 56.9 Å². The molecule has 0 spiro atoms. The Morgan fingerprint density at radius 3 is 2.38 bits per heavy atom. The van der Waals surface area contributed by atoms with Crippen LogP contribution in [0.5, 0.6) is 0 Å². The predicted octanol–water partition coefficient (Wildman–Crippen LogP) is 0.845. The average Bonchev–Trinajstić information content (AvgIpc) is 2.94. The molecule has 0 heterocycles. The van der Waals surface area contributed by atoms with E-state index in [1.54, 1.807) is 6.92 Å². The first-order chi connectivity index (χ1) is 7.47. The molecule has 0 bridgehead atoms. The van der Waals surface area contributed by atoms with Crippen molar-refractivity contribution in [3.05, 3.63) is 0 Å². The Bertz CT molecular complexity index is 332. The smallest absolute Gasteiger partial charge is 0.215 e. The Morgan fingerprint density at radius 1 is 1.25 bits per heavy atom. The molecule has 2 N–H and O–H groups in total. The molecule has 1 atom stereocenters. The van der Waals surface area contributed by atoms with Crippen molar-refractivity contribution in [2.24, 2.45) is 5.92 Å². The largest absolute Gasteiger partial charge is 0.313 e. The molecule has 0 aromatic carbocycles. The van der Waals surface area contributed by atoms with Crippen molar-refractivity contribution in [1.29, 1.82) is 0 Å². The van der Waals surface area contributed by atoms with Gasteiger partial charge in [-0.25, -0.2) is 13.1 Å². The van der Waals surface area contributed by atoms with Gasteiger partial charge in [-0.05, 0) is 38.5 Å². The predicted molar refractivity (Wildman–Crippen MR) is 64.7 cm³/mol. The summed E-state index contributed by atoms with van der Waals surface area (Å²) in [7, 11) is -3.12. The molecule has 2 aliphatic rings. The minimum absolute atomic E-state index is 0.184. The van der Waals surface area contributed by atoms with E-state index >= 15 is 0 Å². The summed E-state index contributed by atoms with van der Waals surface area (Å²) in [6.45, 7) is 4.50. The zero-order valence-corrected chi connectivity index (χ0v) is 10.9. The fourth-order valence-corrected chi connectivity index (χ4v) is 3.28. The van der Waals surface area contributed by atoms with E-state index in [1.807, 2.05) is 0 Å². The normalized spacial score (nSPS) is 32.1. The van der Waals surface area contributed by atoms with Gasteiger partial charge in [-0.3, -0.25) is 0 Å². The van der Waals surface area contributed by atoms with Crippen LogP contribution in [-0.4, -0.2) is 32.3 Å². The number of hydrogen-bond donors (Lipinski definition) is 2. The van der Waals surface area contributed by atoms with Gasteiger partial charge in [0.05, 0.1) is 5.25 Å². The van der Waals surface area contributed by atoms with E-state index in [2.05, 4.69) is 17.0 Å². The zero-order chi connectivity index (χ0) is 11.8. The van der Waals surface area contributed by atoms with Crippen LogP contribution < -0.4 is 10.0 Å². The number of rotatable bonds is 6. The molecule has 2 aliphatic carbocycles. The third-order valence-electron chi connectivity index (χ3n) is 3.51. The average molecular weight is 246 g/mol. The molecule has 0 aromatic rings. The van der Waals surface area contributed by atoms with Crippen molar-refractivity contribution >= 4 is 10.0 Å². The molecule has 0 amide bonds. The van der Waals surface area contributed by atoms with E-state index in [0.717, 1.165) is 12.8 Å². The van der Waals surface area contributed by atoms with E-state index in [-0.39, 0.29) is 11.3 Å². The van der Waals surface area contributed by atoms with Crippen molar-refractivity contribution in [3.8, 4) is 0 Å². The SMILES string of the molecule is CC1CC(NS(=O)(=O)C(C)CNC2CC2)C1. The van der Waals surface area contributed by atoms with Crippen LogP contribution in [0.25, 0.3) is 0 Å². The molecule has 1 unspecified atom stereocenters. The van der Waals surface area contributed by atoms with Gasteiger partial charge >= 0.3 is 0 Å². The number of hydrogen-bond acceptors (Lipinski definition) is 3. The Morgan fingerprint density at radius 2 is 1.88 bits per heavy atom. The summed E-state index contributed by atoms with van der Waals surface area (Å²) in [6.07, 6.45) is 4.37. The Hall–Kier alpha value is -0.130. The Labute approximate surface area is 98.2 Å². The fraction of sp³-hybridized carbons (Fsp3) is 1.00. The van der Waals surface area contributed by atoms with Crippen molar-refractivity contribution < 1.29 is 8.42 Å². The second kappa shape index (κ2) is 4.63. The van der Waals surface area contributed by atoms with Gasteiger partial charge < -0.3 is 5.32 Å². The maximum Gasteiger partial charge on any atom is 0.215 e. The molecular weight excluding hydrogens is 224 g/mol. The van der Waals surface area contributed by atoms with Crippen LogP contribution in [0.15, 0.2) is 0 Å². The van der Waals surface area contributed by atoms with Crippen molar-refractivity contribution in [3.63, 3.8) is 0 Å². The van der Waals surface area contributed by atoms with Crippen LogP contribution in [0.3, 0.4) is 0 Å². The second-order valence-corrected chi connectivity index (χ2v) is 7.56. The lowest BCUT2D eigenvalue weighted by Gasteiger charge is -2.33. The fourth-order valence-electron chi connectivity index (χ4n) is 2.08. The van der Waals surface area contributed by atoms with Crippen molar-refractivity contribution in [1.82, 2.24) is 10.0 Å². The van der Waals surface area contributed by atoms with Crippen LogP contribution in [-0.2, 0) is 10.0 Å². The maximum absolute atomic E-state index is 11.9. The Kier molecular flexibility index (Phi) is 3.56. The zero-order valence-electron chi connectivity index (χ0n) is 10.1. The highest BCUT2D eigenvalue weighted by Gasteiger charge is 2.32. The molecule has 4 nitrogen and oxygen atoms in total.